The fraction of sp³-hybridized carbons (Fsp3) is 0.545. The number of anilines is 2. The van der Waals surface area contributed by atoms with Gasteiger partial charge in [0.1, 0.15) is 5.82 Å². The fourth-order valence-electron chi connectivity index (χ4n) is 3.55. The molecule has 0 radical (unpaired) electrons. The lowest BCUT2D eigenvalue weighted by molar-refractivity contribution is -0.137. The molecule has 1 saturated heterocycles. The van der Waals surface area contributed by atoms with E-state index in [2.05, 4.69) is 26.7 Å². The molecule has 0 atom stereocenters. The molecular formula is C22H30F3N5O2S. The van der Waals surface area contributed by atoms with Crippen molar-refractivity contribution in [2.45, 2.75) is 57.4 Å². The predicted molar refractivity (Wildman–Crippen MR) is 123 cm³/mol. The minimum Gasteiger partial charge on any atom is -0.382 e. The van der Waals surface area contributed by atoms with Gasteiger partial charge in [-0.15, -0.1) is 10.2 Å². The summed E-state index contributed by atoms with van der Waals surface area (Å²) in [4.78, 5) is 2.52. The Balaban J connectivity index is 0.000000323. The van der Waals surface area contributed by atoms with Gasteiger partial charge in [-0.2, -0.15) is 13.2 Å². The number of nitrogen functional groups attached to an aromatic ring is 1. The maximum Gasteiger partial charge on any atom is 0.416 e. The second kappa shape index (κ2) is 10.3. The highest BCUT2D eigenvalue weighted by Crippen LogP contribution is 2.38. The normalized spacial score (nSPS) is 17.2. The van der Waals surface area contributed by atoms with E-state index < -0.39 is 27.0 Å². The van der Waals surface area contributed by atoms with Gasteiger partial charge in [0.05, 0.1) is 22.2 Å². The van der Waals surface area contributed by atoms with Gasteiger partial charge in [-0.1, -0.05) is 19.4 Å². The van der Waals surface area contributed by atoms with Crippen LogP contribution in [-0.2, 0) is 16.2 Å². The van der Waals surface area contributed by atoms with Crippen LogP contribution in [0.25, 0.3) is 11.3 Å². The van der Waals surface area contributed by atoms with E-state index >= 15 is 0 Å². The Bertz CT molecular complexity index is 1070. The summed E-state index contributed by atoms with van der Waals surface area (Å²) in [5.74, 6) is 0.191. The highest BCUT2D eigenvalue weighted by molar-refractivity contribution is 7.93. The van der Waals surface area contributed by atoms with Gasteiger partial charge in [0.2, 0.25) is 10.0 Å². The van der Waals surface area contributed by atoms with Crippen LogP contribution in [0.1, 0.15) is 50.2 Å². The second-order valence-corrected chi connectivity index (χ2v) is 10.4. The van der Waals surface area contributed by atoms with E-state index in [4.69, 9.17) is 5.73 Å². The lowest BCUT2D eigenvalue weighted by atomic mass is 10.0. The molecule has 0 amide bonds. The zero-order valence-electron chi connectivity index (χ0n) is 18.8. The topological polar surface area (TPSA) is 101 Å². The summed E-state index contributed by atoms with van der Waals surface area (Å²) in [6, 6.07) is 4.35. The van der Waals surface area contributed by atoms with Crippen molar-refractivity contribution in [2.24, 2.45) is 0 Å². The zero-order valence-corrected chi connectivity index (χ0v) is 19.6. The first kappa shape index (κ1) is 25.2. The molecule has 0 bridgehead atoms. The minimum absolute atomic E-state index is 0.180. The van der Waals surface area contributed by atoms with Gasteiger partial charge < -0.3 is 10.6 Å². The molecule has 4 rings (SSSR count). The summed E-state index contributed by atoms with van der Waals surface area (Å²) in [7, 11) is -3.74. The van der Waals surface area contributed by atoms with Crippen LogP contribution >= 0.6 is 0 Å². The van der Waals surface area contributed by atoms with Crippen molar-refractivity contribution in [3.8, 4) is 11.3 Å². The van der Waals surface area contributed by atoms with Crippen molar-refractivity contribution >= 4 is 21.5 Å². The number of alkyl halides is 3. The molecule has 1 saturated carbocycles. The summed E-state index contributed by atoms with van der Waals surface area (Å²) in [5.41, 5.74) is 5.48. The molecule has 1 aliphatic carbocycles. The number of piperidine rings is 1. The standard InChI is InChI=1S/C15H15F3N4O2S.C7H15N/c1-8-6-12(20-21-14(8)19)11-5-2-9(15(16,17)18)7-13(11)22-25(23,24)10-3-4-10;1-2-8-6-4-3-5-7-8/h2,5-7,10,22H,3-4H2,1H3,(H2,19,21);2-7H2,1H3. The van der Waals surface area contributed by atoms with Crippen LogP contribution in [0.15, 0.2) is 24.3 Å². The number of nitrogens with zero attached hydrogens (tertiary/aromatic N) is 3. The Morgan fingerprint density at radius 2 is 1.79 bits per heavy atom. The van der Waals surface area contributed by atoms with Crippen LogP contribution in [-0.4, -0.2) is 48.4 Å². The fourth-order valence-corrected chi connectivity index (χ4v) is 4.94. The van der Waals surface area contributed by atoms with Crippen molar-refractivity contribution in [1.29, 1.82) is 0 Å². The van der Waals surface area contributed by atoms with Gasteiger partial charge in [-0.3, -0.25) is 4.72 Å². The predicted octanol–water partition coefficient (Wildman–Crippen LogP) is 4.45. The Morgan fingerprint density at radius 3 is 2.30 bits per heavy atom. The molecule has 1 aliphatic heterocycles. The van der Waals surface area contributed by atoms with Gasteiger partial charge in [0, 0.05) is 5.56 Å². The van der Waals surface area contributed by atoms with E-state index in [-0.39, 0.29) is 22.8 Å². The molecule has 3 N–H and O–H groups in total. The van der Waals surface area contributed by atoms with Gasteiger partial charge in [-0.25, -0.2) is 8.42 Å². The van der Waals surface area contributed by atoms with Gasteiger partial charge in [-0.05, 0) is 76.0 Å². The molecule has 182 valence electrons. The third-order valence-corrected chi connectivity index (χ3v) is 7.61. The van der Waals surface area contributed by atoms with Crippen molar-refractivity contribution < 1.29 is 21.6 Å². The Morgan fingerprint density at radius 1 is 1.12 bits per heavy atom. The molecule has 2 fully saturated rings. The Labute approximate surface area is 192 Å². The zero-order chi connectivity index (χ0) is 24.2. The van der Waals surface area contributed by atoms with Crippen LogP contribution in [0.3, 0.4) is 0 Å². The van der Waals surface area contributed by atoms with Crippen LogP contribution < -0.4 is 10.5 Å². The van der Waals surface area contributed by atoms with E-state index in [0.717, 1.165) is 12.1 Å². The number of aryl methyl sites for hydroxylation is 1. The lowest BCUT2D eigenvalue weighted by Crippen LogP contribution is -2.29. The van der Waals surface area contributed by atoms with E-state index in [1.54, 1.807) is 13.0 Å². The molecule has 0 unspecified atom stereocenters. The number of aromatic nitrogens is 2. The number of hydrogen-bond donors (Lipinski definition) is 2. The van der Waals surface area contributed by atoms with Crippen molar-refractivity contribution in [1.82, 2.24) is 15.1 Å². The average Bonchev–Trinajstić information content (AvgIpc) is 3.62. The SMILES string of the molecule is CCN1CCCCC1.Cc1cc(-c2ccc(C(F)(F)F)cc2NS(=O)(=O)C2CC2)nnc1N. The van der Waals surface area contributed by atoms with E-state index in [1.807, 2.05) is 0 Å². The number of sulfonamides is 1. The first-order valence-corrected chi connectivity index (χ1v) is 12.6. The summed E-state index contributed by atoms with van der Waals surface area (Å²) in [6.45, 7) is 7.85. The van der Waals surface area contributed by atoms with Gasteiger partial charge in [0.25, 0.3) is 0 Å². The maximum absolute atomic E-state index is 13.0. The molecule has 33 heavy (non-hydrogen) atoms. The summed E-state index contributed by atoms with van der Waals surface area (Å²) in [5, 5.41) is 7.03. The van der Waals surface area contributed by atoms with Crippen LogP contribution in [0.2, 0.25) is 0 Å². The largest absolute Gasteiger partial charge is 0.416 e. The van der Waals surface area contributed by atoms with Gasteiger partial charge >= 0.3 is 6.18 Å². The molecule has 11 heteroatoms. The summed E-state index contributed by atoms with van der Waals surface area (Å²) >= 11 is 0. The summed E-state index contributed by atoms with van der Waals surface area (Å²) in [6.07, 6.45) is 0.689. The number of rotatable bonds is 5. The van der Waals surface area contributed by atoms with E-state index in [1.165, 1.54) is 45.0 Å². The van der Waals surface area contributed by atoms with E-state index in [0.29, 0.717) is 18.4 Å². The lowest BCUT2D eigenvalue weighted by Gasteiger charge is -2.24. The molecular weight excluding hydrogens is 455 g/mol. The Hall–Kier alpha value is -2.40. The minimum atomic E-state index is -4.60. The molecule has 1 aromatic carbocycles. The first-order valence-electron chi connectivity index (χ1n) is 11.1. The summed E-state index contributed by atoms with van der Waals surface area (Å²) < 4.78 is 65.6. The maximum atomic E-state index is 13.0. The van der Waals surface area contributed by atoms with E-state index in [9.17, 15) is 21.6 Å². The highest BCUT2D eigenvalue weighted by atomic mass is 32.2. The third kappa shape index (κ3) is 6.80. The van der Waals surface area contributed by atoms with Crippen LogP contribution in [0, 0.1) is 6.92 Å². The molecule has 7 nitrogen and oxygen atoms in total. The van der Waals surface area contributed by atoms with Crippen molar-refractivity contribution in [3.63, 3.8) is 0 Å². The number of hydrogen-bond acceptors (Lipinski definition) is 6. The number of halogens is 3. The smallest absolute Gasteiger partial charge is 0.382 e. The first-order chi connectivity index (χ1) is 15.5. The quantitative estimate of drug-likeness (QED) is 0.649. The molecule has 1 aromatic heterocycles. The van der Waals surface area contributed by atoms with Crippen molar-refractivity contribution in [2.75, 3.05) is 30.1 Å². The highest BCUT2D eigenvalue weighted by Gasteiger charge is 2.37. The molecule has 2 aliphatic rings. The molecule has 0 spiro atoms. The second-order valence-electron chi connectivity index (χ2n) is 8.40. The number of nitrogens with one attached hydrogen (secondary N) is 1. The molecule has 2 heterocycles. The third-order valence-electron chi connectivity index (χ3n) is 5.76. The average molecular weight is 486 g/mol. The Kier molecular flexibility index (Phi) is 7.84. The van der Waals surface area contributed by atoms with Crippen LogP contribution in [0.5, 0.6) is 0 Å². The van der Waals surface area contributed by atoms with Crippen LogP contribution in [0.4, 0.5) is 24.7 Å². The number of benzene rings is 1. The monoisotopic (exact) mass is 485 g/mol. The molecule has 2 aromatic rings. The van der Waals surface area contributed by atoms with Gasteiger partial charge in [0.15, 0.2) is 0 Å². The number of likely N-dealkylation sites (tertiary alicyclic amines) is 1. The number of nitrogens with two attached hydrogens (primary N) is 1. The van der Waals surface area contributed by atoms with Crippen molar-refractivity contribution in [3.05, 3.63) is 35.4 Å².